The number of carbonyl (C=O) groups is 1. The highest BCUT2D eigenvalue weighted by atomic mass is 19.1. The number of hydrogen-bond donors (Lipinski definition) is 1. The van der Waals surface area contributed by atoms with Crippen LogP contribution in [0.25, 0.3) is 0 Å². The van der Waals surface area contributed by atoms with Crippen molar-refractivity contribution in [2.75, 3.05) is 19.7 Å². The Bertz CT molecular complexity index is 441. The zero-order chi connectivity index (χ0) is 14.5. The maximum atomic E-state index is 12.8. The van der Waals surface area contributed by atoms with Crippen molar-refractivity contribution in [2.45, 2.75) is 32.0 Å². The first-order chi connectivity index (χ1) is 9.61. The molecule has 0 aliphatic carbocycles. The summed E-state index contributed by atoms with van der Waals surface area (Å²) in [6, 6.07) is 5.36. The van der Waals surface area contributed by atoms with Crippen molar-refractivity contribution in [3.63, 3.8) is 0 Å². The molecule has 0 saturated carbocycles. The third-order valence-electron chi connectivity index (χ3n) is 3.58. The molecule has 1 saturated heterocycles. The minimum Gasteiger partial charge on any atom is -0.378 e. The summed E-state index contributed by atoms with van der Waals surface area (Å²) in [7, 11) is 0. The lowest BCUT2D eigenvalue weighted by atomic mass is 10.0. The molecule has 2 rings (SSSR count). The smallest absolute Gasteiger partial charge is 0.256 e. The van der Waals surface area contributed by atoms with Crippen LogP contribution < -0.4 is 0 Å². The van der Waals surface area contributed by atoms with Gasteiger partial charge in [0.1, 0.15) is 5.82 Å². The Hall–Kier alpha value is -1.46. The van der Waals surface area contributed by atoms with Gasteiger partial charge in [-0.1, -0.05) is 12.1 Å². The Morgan fingerprint density at radius 1 is 1.40 bits per heavy atom. The first kappa shape index (κ1) is 14.9. The maximum Gasteiger partial charge on any atom is 0.256 e. The Kier molecular flexibility index (Phi) is 5.09. The molecular formula is C15H20FNO3. The summed E-state index contributed by atoms with van der Waals surface area (Å²) >= 11 is 0. The second kappa shape index (κ2) is 6.81. The summed E-state index contributed by atoms with van der Waals surface area (Å²) in [5.41, 5.74) is 0.420. The summed E-state index contributed by atoms with van der Waals surface area (Å²) in [6.45, 7) is 3.80. The Morgan fingerprint density at radius 3 is 2.55 bits per heavy atom. The molecule has 1 amide bonds. The maximum absolute atomic E-state index is 12.8. The largest absolute Gasteiger partial charge is 0.378 e. The number of carbonyl (C=O) groups excluding carboxylic acids is 1. The third-order valence-corrected chi connectivity index (χ3v) is 3.58. The van der Waals surface area contributed by atoms with E-state index in [1.807, 2.05) is 6.92 Å². The average Bonchev–Trinajstić information content (AvgIpc) is 2.48. The van der Waals surface area contributed by atoms with E-state index in [9.17, 15) is 14.3 Å². The van der Waals surface area contributed by atoms with Gasteiger partial charge in [-0.15, -0.1) is 0 Å². The van der Waals surface area contributed by atoms with Gasteiger partial charge < -0.3 is 14.7 Å². The second-order valence-corrected chi connectivity index (χ2v) is 4.93. The van der Waals surface area contributed by atoms with Crippen molar-refractivity contribution < 1.29 is 19.0 Å². The molecule has 4 nitrogen and oxygen atoms in total. The zero-order valence-electron chi connectivity index (χ0n) is 11.6. The number of nitrogens with zero attached hydrogens (tertiary/aromatic N) is 1. The number of ether oxygens (including phenoxy) is 1. The number of rotatable bonds is 4. The van der Waals surface area contributed by atoms with Gasteiger partial charge in [0.25, 0.3) is 5.91 Å². The van der Waals surface area contributed by atoms with E-state index in [4.69, 9.17) is 4.74 Å². The molecule has 1 fully saturated rings. The third kappa shape index (κ3) is 3.55. The van der Waals surface area contributed by atoms with Crippen molar-refractivity contribution in [1.82, 2.24) is 4.90 Å². The lowest BCUT2D eigenvalue weighted by molar-refractivity contribution is -0.143. The van der Waals surface area contributed by atoms with Crippen LogP contribution >= 0.6 is 0 Å². The van der Waals surface area contributed by atoms with Crippen LogP contribution in [0.1, 0.15) is 31.4 Å². The number of likely N-dealkylation sites (tertiary alicyclic amines) is 1. The Balaban J connectivity index is 1.93. The van der Waals surface area contributed by atoms with Crippen molar-refractivity contribution in [3.05, 3.63) is 35.6 Å². The summed E-state index contributed by atoms with van der Waals surface area (Å²) < 4.78 is 18.4. The highest BCUT2D eigenvalue weighted by Crippen LogP contribution is 2.20. The first-order valence-electron chi connectivity index (χ1n) is 6.95. The van der Waals surface area contributed by atoms with Crippen molar-refractivity contribution >= 4 is 5.91 Å². The quantitative estimate of drug-likeness (QED) is 0.917. The van der Waals surface area contributed by atoms with Crippen LogP contribution in [0.15, 0.2) is 24.3 Å². The van der Waals surface area contributed by atoms with Gasteiger partial charge in [0.05, 0.1) is 6.10 Å². The standard InChI is InChI=1S/C15H20FNO3/c1-2-20-13-7-9-17(10-8-13)15(19)14(18)11-3-5-12(16)6-4-11/h3-6,13-14,18H,2,7-10H2,1H3/t14-/m1/s1. The predicted molar refractivity (Wildman–Crippen MR) is 72.6 cm³/mol. The van der Waals surface area contributed by atoms with Crippen LogP contribution in [0.5, 0.6) is 0 Å². The average molecular weight is 281 g/mol. The summed E-state index contributed by atoms with van der Waals surface area (Å²) in [5, 5.41) is 10.1. The van der Waals surface area contributed by atoms with Crippen LogP contribution in [-0.2, 0) is 9.53 Å². The predicted octanol–water partition coefficient (Wildman–Crippen LogP) is 1.89. The highest BCUT2D eigenvalue weighted by molar-refractivity contribution is 5.82. The number of aliphatic hydroxyl groups excluding tert-OH is 1. The summed E-state index contributed by atoms with van der Waals surface area (Å²) in [6.07, 6.45) is 0.553. The number of halogens is 1. The highest BCUT2D eigenvalue weighted by Gasteiger charge is 2.28. The van der Waals surface area contributed by atoms with Crippen LogP contribution in [-0.4, -0.2) is 41.7 Å². The topological polar surface area (TPSA) is 49.8 Å². The molecule has 110 valence electrons. The number of hydrogen-bond acceptors (Lipinski definition) is 3. The molecule has 0 spiro atoms. The van der Waals surface area contributed by atoms with Gasteiger partial charge in [0.2, 0.25) is 0 Å². The fraction of sp³-hybridized carbons (Fsp3) is 0.533. The van der Waals surface area contributed by atoms with E-state index < -0.39 is 6.10 Å². The molecule has 5 heteroatoms. The minimum atomic E-state index is -1.22. The molecule has 1 aliphatic heterocycles. The molecule has 0 bridgehead atoms. The fourth-order valence-electron chi connectivity index (χ4n) is 2.44. The van der Waals surface area contributed by atoms with Crippen molar-refractivity contribution in [3.8, 4) is 0 Å². The van der Waals surface area contributed by atoms with Gasteiger partial charge in [0, 0.05) is 19.7 Å². The monoisotopic (exact) mass is 281 g/mol. The van der Waals surface area contributed by atoms with Crippen LogP contribution in [0, 0.1) is 5.82 Å². The SMILES string of the molecule is CCOC1CCN(C(=O)[C@H](O)c2ccc(F)cc2)CC1. The molecule has 0 radical (unpaired) electrons. The number of aliphatic hydroxyl groups is 1. The lowest BCUT2D eigenvalue weighted by Gasteiger charge is -2.33. The summed E-state index contributed by atoms with van der Waals surface area (Å²) in [5.74, 6) is -0.711. The summed E-state index contributed by atoms with van der Waals surface area (Å²) in [4.78, 5) is 13.8. The molecule has 1 atom stereocenters. The van der Waals surface area contributed by atoms with E-state index in [2.05, 4.69) is 0 Å². The van der Waals surface area contributed by atoms with E-state index in [1.54, 1.807) is 4.90 Å². The van der Waals surface area contributed by atoms with Crippen molar-refractivity contribution in [1.29, 1.82) is 0 Å². The van der Waals surface area contributed by atoms with Gasteiger partial charge >= 0.3 is 0 Å². The van der Waals surface area contributed by atoms with Crippen LogP contribution in [0.4, 0.5) is 4.39 Å². The van der Waals surface area contributed by atoms with E-state index in [0.29, 0.717) is 25.3 Å². The van der Waals surface area contributed by atoms with Crippen LogP contribution in [0.2, 0.25) is 0 Å². The normalized spacial score (nSPS) is 18.1. The molecule has 20 heavy (non-hydrogen) atoms. The molecule has 0 unspecified atom stereocenters. The molecule has 0 aromatic heterocycles. The molecule has 1 heterocycles. The van der Waals surface area contributed by atoms with Gasteiger partial charge in [-0.25, -0.2) is 4.39 Å². The Morgan fingerprint density at radius 2 is 2.00 bits per heavy atom. The lowest BCUT2D eigenvalue weighted by Crippen LogP contribution is -2.43. The Labute approximate surface area is 118 Å². The second-order valence-electron chi connectivity index (χ2n) is 4.93. The first-order valence-corrected chi connectivity index (χ1v) is 6.95. The number of benzene rings is 1. The van der Waals surface area contributed by atoms with Gasteiger partial charge in [-0.2, -0.15) is 0 Å². The number of piperidine rings is 1. The molecule has 1 aliphatic rings. The van der Waals surface area contributed by atoms with Crippen LogP contribution in [0.3, 0.4) is 0 Å². The fourth-order valence-corrected chi connectivity index (χ4v) is 2.44. The zero-order valence-corrected chi connectivity index (χ0v) is 11.6. The van der Waals surface area contributed by atoms with Gasteiger partial charge in [-0.05, 0) is 37.5 Å². The molecule has 1 aromatic carbocycles. The minimum absolute atomic E-state index is 0.201. The molecule has 1 aromatic rings. The molecule has 1 N–H and O–H groups in total. The van der Waals surface area contributed by atoms with E-state index >= 15 is 0 Å². The van der Waals surface area contributed by atoms with Gasteiger partial charge in [0.15, 0.2) is 6.10 Å². The molecular weight excluding hydrogens is 261 g/mol. The van der Waals surface area contributed by atoms with E-state index in [0.717, 1.165) is 12.8 Å². The van der Waals surface area contributed by atoms with Crippen molar-refractivity contribution in [2.24, 2.45) is 0 Å². The van der Waals surface area contributed by atoms with E-state index in [1.165, 1.54) is 24.3 Å². The van der Waals surface area contributed by atoms with Gasteiger partial charge in [-0.3, -0.25) is 4.79 Å². The number of amides is 1. The van der Waals surface area contributed by atoms with E-state index in [-0.39, 0.29) is 17.8 Å².